The van der Waals surface area contributed by atoms with E-state index in [2.05, 4.69) is 62.9 Å². The molecular formula is C23H29NSi. The van der Waals surface area contributed by atoms with E-state index in [4.69, 9.17) is 5.26 Å². The van der Waals surface area contributed by atoms with Crippen LogP contribution >= 0.6 is 0 Å². The molecule has 0 fully saturated rings. The molecule has 0 aliphatic heterocycles. The molecule has 0 unspecified atom stereocenters. The maximum absolute atomic E-state index is 8.90. The van der Waals surface area contributed by atoms with Crippen LogP contribution in [0.4, 0.5) is 0 Å². The molecule has 25 heavy (non-hydrogen) atoms. The van der Waals surface area contributed by atoms with Gasteiger partial charge >= 0.3 is 0 Å². The quantitative estimate of drug-likeness (QED) is 0.484. The maximum Gasteiger partial charge on any atom is 0.0991 e. The van der Waals surface area contributed by atoms with Crippen molar-refractivity contribution in [3.05, 3.63) is 71.4 Å². The third kappa shape index (κ3) is 5.18. The summed E-state index contributed by atoms with van der Waals surface area (Å²) in [7, 11) is -1.25. The zero-order valence-electron chi connectivity index (χ0n) is 15.8. The minimum atomic E-state index is -1.25. The van der Waals surface area contributed by atoms with E-state index in [9.17, 15) is 0 Å². The van der Waals surface area contributed by atoms with Crippen LogP contribution in [0.5, 0.6) is 0 Å². The third-order valence-corrected chi connectivity index (χ3v) is 10.3. The molecule has 1 nitrogen and oxygen atoms in total. The van der Waals surface area contributed by atoms with Crippen LogP contribution in [0.2, 0.25) is 18.1 Å². The number of aryl methyl sites for hydroxylation is 1. The molecule has 2 rings (SSSR count). The van der Waals surface area contributed by atoms with E-state index in [1.54, 1.807) is 0 Å². The Bertz CT molecular complexity index is 716. The predicted molar refractivity (Wildman–Crippen MR) is 111 cm³/mol. The lowest BCUT2D eigenvalue weighted by Crippen LogP contribution is -2.30. The lowest BCUT2D eigenvalue weighted by molar-refractivity contribution is 1.06. The average Bonchev–Trinajstić information content (AvgIpc) is 2.69. The van der Waals surface area contributed by atoms with Crippen molar-refractivity contribution in [2.24, 2.45) is 0 Å². The Morgan fingerprint density at radius 3 is 1.92 bits per heavy atom. The Morgan fingerprint density at radius 1 is 0.880 bits per heavy atom. The summed E-state index contributed by atoms with van der Waals surface area (Å²) in [5.41, 5.74) is 7.11. The summed E-state index contributed by atoms with van der Waals surface area (Å²) in [4.78, 5) is 0. The Morgan fingerprint density at radius 2 is 1.44 bits per heavy atom. The summed E-state index contributed by atoms with van der Waals surface area (Å²) in [6, 6.07) is 22.9. The molecule has 0 aliphatic carbocycles. The van der Waals surface area contributed by atoms with Gasteiger partial charge in [0.15, 0.2) is 0 Å². The van der Waals surface area contributed by atoms with Gasteiger partial charge < -0.3 is 0 Å². The molecule has 0 heterocycles. The molecule has 0 N–H and O–H groups in total. The van der Waals surface area contributed by atoms with Gasteiger partial charge in [0.1, 0.15) is 0 Å². The van der Waals surface area contributed by atoms with Crippen LogP contribution in [0.15, 0.2) is 60.3 Å². The summed E-state index contributed by atoms with van der Waals surface area (Å²) < 4.78 is 0. The van der Waals surface area contributed by atoms with Crippen molar-refractivity contribution >= 4 is 8.07 Å². The molecule has 0 saturated carbocycles. The van der Waals surface area contributed by atoms with Crippen molar-refractivity contribution in [1.29, 1.82) is 5.26 Å². The summed E-state index contributed by atoms with van der Waals surface area (Å²) >= 11 is 0. The van der Waals surface area contributed by atoms with E-state index >= 15 is 0 Å². The summed E-state index contributed by atoms with van der Waals surface area (Å²) in [6.07, 6.45) is 4.71. The van der Waals surface area contributed by atoms with Gasteiger partial charge in [-0.2, -0.15) is 5.26 Å². The van der Waals surface area contributed by atoms with Crippen LogP contribution in [0.1, 0.15) is 38.3 Å². The summed E-state index contributed by atoms with van der Waals surface area (Å²) in [5, 5.41) is 8.90. The number of allylic oxidation sites excluding steroid dienone is 1. The van der Waals surface area contributed by atoms with E-state index in [0.717, 1.165) is 6.42 Å². The van der Waals surface area contributed by atoms with Crippen LogP contribution in [-0.4, -0.2) is 8.07 Å². The number of benzene rings is 2. The van der Waals surface area contributed by atoms with Gasteiger partial charge in [-0.3, -0.25) is 0 Å². The van der Waals surface area contributed by atoms with Gasteiger partial charge in [0.25, 0.3) is 0 Å². The largest absolute Gasteiger partial charge is 0.192 e. The standard InChI is InChI=1S/C23H29NSi/c1-4-7-17-25(5-2,6-3)18-16-20-8-12-22(13-9-20)23-14-10-21(19-24)11-15-23/h7-15,17H,4-6,16,18H2,1-3H3. The topological polar surface area (TPSA) is 23.8 Å². The molecule has 2 aromatic carbocycles. The number of hydrogen-bond acceptors (Lipinski definition) is 1. The summed E-state index contributed by atoms with van der Waals surface area (Å²) in [5.74, 6) is 0. The van der Waals surface area contributed by atoms with Crippen molar-refractivity contribution in [2.75, 3.05) is 0 Å². The molecule has 0 aromatic heterocycles. The van der Waals surface area contributed by atoms with Crippen LogP contribution in [0.3, 0.4) is 0 Å². The molecule has 0 bridgehead atoms. The lowest BCUT2D eigenvalue weighted by atomic mass is 10.0. The fourth-order valence-corrected chi connectivity index (χ4v) is 6.65. The first-order valence-corrected chi connectivity index (χ1v) is 12.1. The molecule has 0 atom stereocenters. The smallest absolute Gasteiger partial charge is 0.0991 e. The Hall–Kier alpha value is -2.11. The van der Waals surface area contributed by atoms with Crippen molar-refractivity contribution in [3.63, 3.8) is 0 Å². The SMILES string of the molecule is CCC=C[Si](CC)(CC)CCc1ccc(-c2ccc(C#N)cc2)cc1. The highest BCUT2D eigenvalue weighted by molar-refractivity contribution is 6.84. The Labute approximate surface area is 154 Å². The van der Waals surface area contributed by atoms with Gasteiger partial charge in [-0.15, -0.1) is 0 Å². The maximum atomic E-state index is 8.90. The number of rotatable bonds is 8. The highest BCUT2D eigenvalue weighted by Gasteiger charge is 2.24. The molecule has 0 saturated heterocycles. The third-order valence-electron chi connectivity index (χ3n) is 5.33. The minimum Gasteiger partial charge on any atom is -0.192 e. The van der Waals surface area contributed by atoms with Gasteiger partial charge in [0.05, 0.1) is 19.7 Å². The molecule has 130 valence electrons. The van der Waals surface area contributed by atoms with Crippen LogP contribution in [0, 0.1) is 11.3 Å². The molecule has 2 heteroatoms. The first kappa shape index (κ1) is 19.2. The molecule has 0 spiro atoms. The number of nitrogens with zero attached hydrogens (tertiary/aromatic N) is 1. The zero-order chi connectivity index (χ0) is 18.1. The first-order chi connectivity index (χ1) is 12.2. The van der Waals surface area contributed by atoms with Crippen molar-refractivity contribution < 1.29 is 0 Å². The average molecular weight is 348 g/mol. The Balaban J connectivity index is 2.06. The van der Waals surface area contributed by atoms with Crippen molar-refractivity contribution in [3.8, 4) is 17.2 Å². The predicted octanol–water partition coefficient (Wildman–Crippen LogP) is 6.76. The lowest BCUT2D eigenvalue weighted by Gasteiger charge is -2.26. The van der Waals surface area contributed by atoms with Crippen LogP contribution < -0.4 is 0 Å². The molecule has 0 radical (unpaired) electrons. The van der Waals surface area contributed by atoms with Crippen molar-refractivity contribution in [1.82, 2.24) is 0 Å². The minimum absolute atomic E-state index is 0.709. The van der Waals surface area contributed by atoms with Crippen LogP contribution in [-0.2, 0) is 6.42 Å². The molecule has 0 amide bonds. The monoisotopic (exact) mass is 347 g/mol. The summed E-state index contributed by atoms with van der Waals surface area (Å²) in [6.45, 7) is 6.95. The molecular weight excluding hydrogens is 318 g/mol. The second kappa shape index (κ2) is 9.39. The van der Waals surface area contributed by atoms with Crippen molar-refractivity contribution in [2.45, 2.75) is 51.7 Å². The normalized spacial score (nSPS) is 11.6. The fraction of sp³-hybridized carbons (Fsp3) is 0.348. The molecule has 2 aromatic rings. The van der Waals surface area contributed by atoms with E-state index in [0.29, 0.717) is 5.56 Å². The van der Waals surface area contributed by atoms with E-state index < -0.39 is 8.07 Å². The second-order valence-corrected chi connectivity index (χ2v) is 11.7. The van der Waals surface area contributed by atoms with E-state index in [1.807, 2.05) is 24.3 Å². The van der Waals surface area contributed by atoms with Gasteiger partial charge in [-0.1, -0.05) is 81.0 Å². The first-order valence-electron chi connectivity index (χ1n) is 9.43. The highest BCUT2D eigenvalue weighted by atomic mass is 28.3. The second-order valence-electron chi connectivity index (χ2n) is 6.77. The number of hydrogen-bond donors (Lipinski definition) is 0. The van der Waals surface area contributed by atoms with E-state index in [1.165, 1.54) is 41.2 Å². The van der Waals surface area contributed by atoms with Crippen LogP contribution in [0.25, 0.3) is 11.1 Å². The van der Waals surface area contributed by atoms with Gasteiger partial charge in [-0.05, 0) is 47.7 Å². The Kier molecular flexibility index (Phi) is 7.22. The zero-order valence-corrected chi connectivity index (χ0v) is 16.8. The van der Waals surface area contributed by atoms with Gasteiger partial charge in [0.2, 0.25) is 0 Å². The molecule has 0 aliphatic rings. The number of nitriles is 1. The van der Waals surface area contributed by atoms with Gasteiger partial charge in [0, 0.05) is 0 Å². The van der Waals surface area contributed by atoms with E-state index in [-0.39, 0.29) is 0 Å². The van der Waals surface area contributed by atoms with Gasteiger partial charge in [-0.25, -0.2) is 0 Å². The fourth-order valence-electron chi connectivity index (χ4n) is 3.28. The highest BCUT2D eigenvalue weighted by Crippen LogP contribution is 2.26.